The normalized spacial score (nSPS) is 27.6. The standard InChI is InChI=1S/C16H28O2/c1-12(2)10-14-4-6-15(7-5-14)11-13(3)16-17-8-9-18-16/h6,12-14,16H,4-5,7-11H2,1-3H3. The topological polar surface area (TPSA) is 18.5 Å². The van der Waals surface area contributed by atoms with Crippen molar-refractivity contribution in [3.63, 3.8) is 0 Å². The van der Waals surface area contributed by atoms with Gasteiger partial charge < -0.3 is 9.47 Å². The van der Waals surface area contributed by atoms with E-state index in [4.69, 9.17) is 9.47 Å². The SMILES string of the molecule is CC(C)CC1CC=C(CC(C)C2OCCO2)CC1. The largest absolute Gasteiger partial charge is 0.350 e. The zero-order chi connectivity index (χ0) is 13.0. The number of rotatable bonds is 5. The summed E-state index contributed by atoms with van der Waals surface area (Å²) in [5, 5.41) is 0. The van der Waals surface area contributed by atoms with Crippen LogP contribution in [0.5, 0.6) is 0 Å². The van der Waals surface area contributed by atoms with Crippen molar-refractivity contribution in [2.75, 3.05) is 13.2 Å². The van der Waals surface area contributed by atoms with Crippen molar-refractivity contribution >= 4 is 0 Å². The number of hydrogen-bond donors (Lipinski definition) is 0. The molecule has 18 heavy (non-hydrogen) atoms. The molecule has 0 radical (unpaired) electrons. The molecule has 0 N–H and O–H groups in total. The minimum absolute atomic E-state index is 0.0410. The average molecular weight is 252 g/mol. The molecule has 2 heteroatoms. The Kier molecular flexibility index (Phi) is 5.25. The molecule has 0 aromatic heterocycles. The summed E-state index contributed by atoms with van der Waals surface area (Å²) < 4.78 is 11.2. The minimum Gasteiger partial charge on any atom is -0.350 e. The monoisotopic (exact) mass is 252 g/mol. The lowest BCUT2D eigenvalue weighted by atomic mass is 9.82. The van der Waals surface area contributed by atoms with Crippen molar-refractivity contribution in [3.05, 3.63) is 11.6 Å². The molecule has 0 amide bonds. The molecule has 1 aliphatic carbocycles. The molecule has 0 aromatic rings. The zero-order valence-corrected chi connectivity index (χ0v) is 12.2. The van der Waals surface area contributed by atoms with E-state index in [1.807, 2.05) is 0 Å². The van der Waals surface area contributed by atoms with Crippen molar-refractivity contribution in [1.82, 2.24) is 0 Å². The van der Waals surface area contributed by atoms with Crippen molar-refractivity contribution in [1.29, 1.82) is 0 Å². The predicted molar refractivity (Wildman–Crippen MR) is 74.4 cm³/mol. The maximum Gasteiger partial charge on any atom is 0.160 e. The molecule has 0 bridgehead atoms. The summed E-state index contributed by atoms with van der Waals surface area (Å²) >= 11 is 0. The van der Waals surface area contributed by atoms with Gasteiger partial charge in [-0.25, -0.2) is 0 Å². The highest BCUT2D eigenvalue weighted by atomic mass is 16.7. The summed E-state index contributed by atoms with van der Waals surface area (Å²) in [5.41, 5.74) is 1.63. The molecule has 2 atom stereocenters. The second-order valence-corrected chi connectivity index (χ2v) is 6.42. The first-order chi connectivity index (χ1) is 8.65. The van der Waals surface area contributed by atoms with E-state index < -0.39 is 0 Å². The van der Waals surface area contributed by atoms with Crippen LogP contribution in [0.1, 0.15) is 52.9 Å². The molecular formula is C16H28O2. The second-order valence-electron chi connectivity index (χ2n) is 6.42. The molecule has 0 spiro atoms. The molecule has 1 heterocycles. The van der Waals surface area contributed by atoms with E-state index in [-0.39, 0.29) is 6.29 Å². The minimum atomic E-state index is 0.0410. The van der Waals surface area contributed by atoms with Crippen molar-refractivity contribution in [3.8, 4) is 0 Å². The predicted octanol–water partition coefficient (Wildman–Crippen LogP) is 4.16. The van der Waals surface area contributed by atoms with Gasteiger partial charge in [-0.05, 0) is 43.9 Å². The Hall–Kier alpha value is -0.340. The van der Waals surface area contributed by atoms with Gasteiger partial charge in [0.1, 0.15) is 0 Å². The highest BCUT2D eigenvalue weighted by molar-refractivity contribution is 5.07. The molecule has 2 nitrogen and oxygen atoms in total. The lowest BCUT2D eigenvalue weighted by molar-refractivity contribution is -0.0782. The van der Waals surface area contributed by atoms with Gasteiger partial charge in [-0.15, -0.1) is 0 Å². The van der Waals surface area contributed by atoms with E-state index in [0.717, 1.165) is 31.5 Å². The van der Waals surface area contributed by atoms with Crippen LogP contribution in [0, 0.1) is 17.8 Å². The van der Waals surface area contributed by atoms with E-state index in [2.05, 4.69) is 26.8 Å². The summed E-state index contributed by atoms with van der Waals surface area (Å²) in [6, 6.07) is 0. The van der Waals surface area contributed by atoms with Gasteiger partial charge in [0, 0.05) is 5.92 Å². The summed E-state index contributed by atoms with van der Waals surface area (Å²) in [7, 11) is 0. The molecule has 2 rings (SSSR count). The molecule has 1 saturated heterocycles. The van der Waals surface area contributed by atoms with E-state index in [1.165, 1.54) is 25.7 Å². The molecule has 0 aromatic carbocycles. The van der Waals surface area contributed by atoms with Crippen LogP contribution in [0.15, 0.2) is 11.6 Å². The van der Waals surface area contributed by atoms with Crippen LogP contribution in [0.25, 0.3) is 0 Å². The van der Waals surface area contributed by atoms with Gasteiger partial charge in [0.25, 0.3) is 0 Å². The third kappa shape index (κ3) is 4.10. The van der Waals surface area contributed by atoms with Crippen LogP contribution in [-0.2, 0) is 9.47 Å². The zero-order valence-electron chi connectivity index (χ0n) is 12.2. The third-order valence-electron chi connectivity index (χ3n) is 4.11. The number of ether oxygens (including phenoxy) is 2. The molecule has 2 aliphatic rings. The Labute approximate surface area is 112 Å². The van der Waals surface area contributed by atoms with Crippen molar-refractivity contribution in [2.24, 2.45) is 17.8 Å². The van der Waals surface area contributed by atoms with Crippen LogP contribution in [0.4, 0.5) is 0 Å². The fraction of sp³-hybridized carbons (Fsp3) is 0.875. The Morgan fingerprint density at radius 1 is 1.22 bits per heavy atom. The lowest BCUT2D eigenvalue weighted by Crippen LogP contribution is -2.20. The van der Waals surface area contributed by atoms with Crippen LogP contribution in [0.3, 0.4) is 0 Å². The highest BCUT2D eigenvalue weighted by Gasteiger charge is 2.25. The third-order valence-corrected chi connectivity index (χ3v) is 4.11. The average Bonchev–Trinajstić information content (AvgIpc) is 2.84. The quantitative estimate of drug-likeness (QED) is 0.684. The Bertz CT molecular complexity index is 277. The molecule has 1 fully saturated rings. The van der Waals surface area contributed by atoms with E-state index in [9.17, 15) is 0 Å². The van der Waals surface area contributed by atoms with Crippen LogP contribution in [0.2, 0.25) is 0 Å². The first kappa shape index (κ1) is 14.1. The summed E-state index contributed by atoms with van der Waals surface area (Å²) in [6.45, 7) is 8.44. The first-order valence-corrected chi connectivity index (χ1v) is 7.56. The maximum absolute atomic E-state index is 5.58. The number of hydrogen-bond acceptors (Lipinski definition) is 2. The molecule has 2 unspecified atom stereocenters. The van der Waals surface area contributed by atoms with E-state index in [0.29, 0.717) is 5.92 Å². The van der Waals surface area contributed by atoms with Crippen LogP contribution in [-0.4, -0.2) is 19.5 Å². The van der Waals surface area contributed by atoms with Gasteiger partial charge >= 0.3 is 0 Å². The lowest BCUT2D eigenvalue weighted by Gasteiger charge is -2.26. The van der Waals surface area contributed by atoms with Gasteiger partial charge in [-0.1, -0.05) is 32.4 Å². The summed E-state index contributed by atoms with van der Waals surface area (Å²) in [6.07, 6.45) is 9.01. The van der Waals surface area contributed by atoms with Gasteiger partial charge in [0.2, 0.25) is 0 Å². The summed E-state index contributed by atoms with van der Waals surface area (Å²) in [5.74, 6) is 2.26. The van der Waals surface area contributed by atoms with Gasteiger partial charge in [0.05, 0.1) is 13.2 Å². The van der Waals surface area contributed by atoms with E-state index in [1.54, 1.807) is 5.57 Å². The fourth-order valence-electron chi connectivity index (χ4n) is 3.22. The Balaban J connectivity index is 1.75. The first-order valence-electron chi connectivity index (χ1n) is 7.56. The van der Waals surface area contributed by atoms with Crippen molar-refractivity contribution < 1.29 is 9.47 Å². The highest BCUT2D eigenvalue weighted by Crippen LogP contribution is 2.32. The summed E-state index contributed by atoms with van der Waals surface area (Å²) in [4.78, 5) is 0. The Morgan fingerprint density at radius 3 is 2.50 bits per heavy atom. The Morgan fingerprint density at radius 2 is 1.94 bits per heavy atom. The smallest absolute Gasteiger partial charge is 0.160 e. The fourth-order valence-corrected chi connectivity index (χ4v) is 3.22. The molecule has 0 saturated carbocycles. The van der Waals surface area contributed by atoms with Gasteiger partial charge in [-0.2, -0.15) is 0 Å². The van der Waals surface area contributed by atoms with E-state index >= 15 is 0 Å². The van der Waals surface area contributed by atoms with Crippen LogP contribution < -0.4 is 0 Å². The molecule has 104 valence electrons. The van der Waals surface area contributed by atoms with Gasteiger partial charge in [0.15, 0.2) is 6.29 Å². The van der Waals surface area contributed by atoms with Crippen LogP contribution >= 0.6 is 0 Å². The maximum atomic E-state index is 5.58. The van der Waals surface area contributed by atoms with Crippen molar-refractivity contribution in [2.45, 2.75) is 59.2 Å². The molecule has 1 aliphatic heterocycles. The molecular weight excluding hydrogens is 224 g/mol. The number of allylic oxidation sites excluding steroid dienone is 2. The van der Waals surface area contributed by atoms with Gasteiger partial charge in [-0.3, -0.25) is 0 Å². The second kappa shape index (κ2) is 6.72.